The second-order valence-electron chi connectivity index (χ2n) is 4.34. The molecular weight excluding hydrogens is 230 g/mol. The zero-order valence-electron chi connectivity index (χ0n) is 11.0. The van der Waals surface area contributed by atoms with E-state index in [2.05, 4.69) is 0 Å². The molecule has 18 heavy (non-hydrogen) atoms. The molecule has 0 saturated carbocycles. The van der Waals surface area contributed by atoms with Gasteiger partial charge in [-0.3, -0.25) is 0 Å². The lowest BCUT2D eigenvalue weighted by molar-refractivity contribution is 0.0734. The van der Waals surface area contributed by atoms with Crippen LogP contribution in [-0.4, -0.2) is 35.3 Å². The summed E-state index contributed by atoms with van der Waals surface area (Å²) in [7, 11) is 0. The van der Waals surface area contributed by atoms with Crippen LogP contribution in [-0.2, 0) is 11.3 Å². The predicted octanol–water partition coefficient (Wildman–Crippen LogP) is 2.42. The Morgan fingerprint density at radius 1 is 1.39 bits per heavy atom. The van der Waals surface area contributed by atoms with Gasteiger partial charge in [0, 0.05) is 13.1 Å². The molecule has 0 aliphatic heterocycles. The van der Waals surface area contributed by atoms with E-state index in [0.29, 0.717) is 13.1 Å². The molecule has 0 fully saturated rings. The molecule has 100 valence electrons. The van der Waals surface area contributed by atoms with Crippen molar-refractivity contribution in [3.63, 3.8) is 0 Å². The first-order chi connectivity index (χ1) is 8.63. The van der Waals surface area contributed by atoms with E-state index in [4.69, 9.17) is 4.74 Å². The van der Waals surface area contributed by atoms with E-state index in [9.17, 15) is 9.90 Å². The first-order valence-electron chi connectivity index (χ1n) is 6.27. The van der Waals surface area contributed by atoms with Crippen molar-refractivity contribution in [3.8, 4) is 0 Å². The predicted molar refractivity (Wildman–Crippen MR) is 70.2 cm³/mol. The normalized spacial score (nSPS) is 11.9. The highest BCUT2D eigenvalue weighted by atomic mass is 16.6. The number of hydrogen-bond donors (Lipinski definition) is 1. The molecule has 0 aromatic heterocycles. The third-order valence-corrected chi connectivity index (χ3v) is 2.44. The summed E-state index contributed by atoms with van der Waals surface area (Å²) in [6, 6.07) is 9.55. The molecule has 0 aliphatic rings. The minimum atomic E-state index is -0.541. The minimum absolute atomic E-state index is 0.264. The van der Waals surface area contributed by atoms with Gasteiger partial charge in [0.2, 0.25) is 0 Å². The highest BCUT2D eigenvalue weighted by molar-refractivity contribution is 5.67. The number of aliphatic hydroxyl groups is 1. The van der Waals surface area contributed by atoms with E-state index in [1.165, 1.54) is 4.90 Å². The second kappa shape index (κ2) is 7.71. The van der Waals surface area contributed by atoms with Crippen LogP contribution in [0.25, 0.3) is 0 Å². The third-order valence-electron chi connectivity index (χ3n) is 2.44. The average Bonchev–Trinajstić information content (AvgIpc) is 2.36. The zero-order chi connectivity index (χ0) is 13.4. The largest absolute Gasteiger partial charge is 0.445 e. The molecule has 0 aliphatic carbocycles. The molecule has 4 nitrogen and oxygen atoms in total. The standard InChI is InChI=1S/C14H21NO3/c1-3-9-15(10-12(2)16)14(17)18-11-13-7-5-4-6-8-13/h4-8,12,16H,3,9-11H2,1-2H3. The van der Waals surface area contributed by atoms with Gasteiger partial charge in [-0.1, -0.05) is 37.3 Å². The van der Waals surface area contributed by atoms with E-state index in [0.717, 1.165) is 12.0 Å². The fraction of sp³-hybridized carbons (Fsp3) is 0.500. The number of amides is 1. The van der Waals surface area contributed by atoms with Gasteiger partial charge >= 0.3 is 6.09 Å². The molecular formula is C14H21NO3. The Hall–Kier alpha value is -1.55. The fourth-order valence-corrected chi connectivity index (χ4v) is 1.66. The Balaban J connectivity index is 2.46. The highest BCUT2D eigenvalue weighted by Gasteiger charge is 2.15. The SMILES string of the molecule is CCCN(CC(C)O)C(=O)OCc1ccccc1. The van der Waals surface area contributed by atoms with Crippen LogP contribution in [0.15, 0.2) is 30.3 Å². The number of aliphatic hydroxyl groups excluding tert-OH is 1. The summed E-state index contributed by atoms with van der Waals surface area (Å²) in [6.07, 6.45) is -0.0740. The maximum Gasteiger partial charge on any atom is 0.410 e. The van der Waals surface area contributed by atoms with E-state index < -0.39 is 6.10 Å². The number of carbonyl (C=O) groups is 1. The third kappa shape index (κ3) is 5.19. The molecule has 1 aromatic carbocycles. The summed E-state index contributed by atoms with van der Waals surface area (Å²) in [5.41, 5.74) is 0.958. The van der Waals surface area contributed by atoms with Gasteiger partial charge in [-0.15, -0.1) is 0 Å². The summed E-state index contributed by atoms with van der Waals surface area (Å²) >= 11 is 0. The van der Waals surface area contributed by atoms with E-state index >= 15 is 0 Å². The van der Waals surface area contributed by atoms with Gasteiger partial charge in [0.05, 0.1) is 6.10 Å². The Bertz CT molecular complexity index is 351. The summed E-state index contributed by atoms with van der Waals surface area (Å²) < 4.78 is 5.22. The monoisotopic (exact) mass is 251 g/mol. The molecule has 1 aromatic rings. The number of carbonyl (C=O) groups excluding carboxylic acids is 1. The van der Waals surface area contributed by atoms with Crippen LogP contribution >= 0.6 is 0 Å². The minimum Gasteiger partial charge on any atom is -0.445 e. The van der Waals surface area contributed by atoms with Crippen molar-refractivity contribution >= 4 is 6.09 Å². The van der Waals surface area contributed by atoms with Gasteiger partial charge in [0.25, 0.3) is 0 Å². The second-order valence-corrected chi connectivity index (χ2v) is 4.34. The molecule has 1 atom stereocenters. The van der Waals surface area contributed by atoms with E-state index in [-0.39, 0.29) is 12.7 Å². The average molecular weight is 251 g/mol. The molecule has 0 bridgehead atoms. The van der Waals surface area contributed by atoms with Crippen LogP contribution in [0.1, 0.15) is 25.8 Å². The molecule has 4 heteroatoms. The molecule has 1 N–H and O–H groups in total. The summed E-state index contributed by atoms with van der Waals surface area (Å²) in [5.74, 6) is 0. The van der Waals surface area contributed by atoms with E-state index in [1.54, 1.807) is 6.92 Å². The lowest BCUT2D eigenvalue weighted by Gasteiger charge is -2.22. The van der Waals surface area contributed by atoms with Gasteiger partial charge < -0.3 is 14.7 Å². The van der Waals surface area contributed by atoms with Gasteiger partial charge in [0.1, 0.15) is 6.61 Å². The summed E-state index contributed by atoms with van der Waals surface area (Å²) in [6.45, 7) is 4.81. The Morgan fingerprint density at radius 2 is 2.06 bits per heavy atom. The van der Waals surface area contributed by atoms with Crippen molar-refractivity contribution in [2.75, 3.05) is 13.1 Å². The van der Waals surface area contributed by atoms with Crippen molar-refractivity contribution in [1.29, 1.82) is 0 Å². The maximum absolute atomic E-state index is 11.8. The Morgan fingerprint density at radius 3 is 2.61 bits per heavy atom. The van der Waals surface area contributed by atoms with Crippen molar-refractivity contribution in [3.05, 3.63) is 35.9 Å². The smallest absolute Gasteiger partial charge is 0.410 e. The maximum atomic E-state index is 11.8. The van der Waals surface area contributed by atoms with Gasteiger partial charge in [-0.05, 0) is 18.9 Å². The van der Waals surface area contributed by atoms with Crippen molar-refractivity contribution < 1.29 is 14.6 Å². The van der Waals surface area contributed by atoms with Crippen molar-refractivity contribution in [2.45, 2.75) is 33.0 Å². The lowest BCUT2D eigenvalue weighted by Crippen LogP contribution is -2.37. The summed E-state index contributed by atoms with van der Waals surface area (Å²) in [4.78, 5) is 13.4. The quantitative estimate of drug-likeness (QED) is 0.844. The fourth-order valence-electron chi connectivity index (χ4n) is 1.66. The van der Waals surface area contributed by atoms with Crippen molar-refractivity contribution in [2.24, 2.45) is 0 Å². The molecule has 0 saturated heterocycles. The molecule has 0 radical (unpaired) electrons. The van der Waals surface area contributed by atoms with E-state index in [1.807, 2.05) is 37.3 Å². The Kier molecular flexibility index (Phi) is 6.22. The van der Waals surface area contributed by atoms with Gasteiger partial charge in [-0.2, -0.15) is 0 Å². The zero-order valence-corrected chi connectivity index (χ0v) is 11.0. The molecule has 1 rings (SSSR count). The topological polar surface area (TPSA) is 49.8 Å². The highest BCUT2D eigenvalue weighted by Crippen LogP contribution is 2.04. The van der Waals surface area contributed by atoms with Crippen LogP contribution in [0, 0.1) is 0 Å². The molecule has 1 amide bonds. The van der Waals surface area contributed by atoms with Gasteiger partial charge in [-0.25, -0.2) is 4.79 Å². The van der Waals surface area contributed by atoms with Crippen LogP contribution in [0.4, 0.5) is 4.79 Å². The van der Waals surface area contributed by atoms with Crippen molar-refractivity contribution in [1.82, 2.24) is 4.90 Å². The molecule has 0 heterocycles. The first-order valence-corrected chi connectivity index (χ1v) is 6.27. The van der Waals surface area contributed by atoms with Crippen LogP contribution in [0.5, 0.6) is 0 Å². The van der Waals surface area contributed by atoms with Crippen LogP contribution < -0.4 is 0 Å². The van der Waals surface area contributed by atoms with Gasteiger partial charge in [0.15, 0.2) is 0 Å². The molecule has 0 spiro atoms. The number of hydrogen-bond acceptors (Lipinski definition) is 3. The first kappa shape index (κ1) is 14.5. The number of rotatable bonds is 6. The lowest BCUT2D eigenvalue weighted by atomic mass is 10.2. The summed E-state index contributed by atoms with van der Waals surface area (Å²) in [5, 5.41) is 9.33. The van der Waals surface area contributed by atoms with Crippen LogP contribution in [0.3, 0.4) is 0 Å². The van der Waals surface area contributed by atoms with Crippen LogP contribution in [0.2, 0.25) is 0 Å². The number of benzene rings is 1. The molecule has 1 unspecified atom stereocenters. The Labute approximate surface area is 108 Å². The number of ether oxygens (including phenoxy) is 1. The number of nitrogens with zero attached hydrogens (tertiary/aromatic N) is 1.